The Balaban J connectivity index is 1.78. The molecule has 3 rings (SSSR count). The number of halogens is 1. The van der Waals surface area contributed by atoms with Gasteiger partial charge in [-0.15, -0.1) is 11.6 Å². The molecule has 0 aliphatic heterocycles. The van der Waals surface area contributed by atoms with Crippen molar-refractivity contribution in [1.82, 2.24) is 0 Å². The molecule has 0 bridgehead atoms. The molecule has 0 radical (unpaired) electrons. The summed E-state index contributed by atoms with van der Waals surface area (Å²) in [4.78, 5) is 13.9. The molecule has 1 amide bonds. The molecule has 25 heavy (non-hydrogen) atoms. The molecule has 0 atom stereocenters. The summed E-state index contributed by atoms with van der Waals surface area (Å²) in [5, 5.41) is 0. The van der Waals surface area contributed by atoms with E-state index in [1.54, 1.807) is 4.90 Å². The Morgan fingerprint density at radius 1 is 0.800 bits per heavy atom. The van der Waals surface area contributed by atoms with Gasteiger partial charge in [0.05, 0.1) is 6.54 Å². The number of para-hydroxylation sites is 1. The summed E-state index contributed by atoms with van der Waals surface area (Å²) < 4.78 is 5.79. The molecule has 0 aromatic heterocycles. The molecule has 0 spiro atoms. The van der Waals surface area contributed by atoms with E-state index in [0.717, 1.165) is 17.0 Å². The van der Waals surface area contributed by atoms with Crippen molar-refractivity contribution in [2.75, 3.05) is 10.8 Å². The fourth-order valence-electron chi connectivity index (χ4n) is 2.48. The number of amides is 1. The van der Waals surface area contributed by atoms with Crippen LogP contribution in [0.2, 0.25) is 0 Å². The van der Waals surface area contributed by atoms with E-state index >= 15 is 0 Å². The molecule has 3 aromatic rings. The van der Waals surface area contributed by atoms with Crippen LogP contribution in [-0.4, -0.2) is 11.8 Å². The van der Waals surface area contributed by atoms with Crippen LogP contribution in [0.1, 0.15) is 5.56 Å². The molecule has 0 heterocycles. The van der Waals surface area contributed by atoms with E-state index < -0.39 is 0 Å². The summed E-state index contributed by atoms with van der Waals surface area (Å²) in [6.45, 7) is 0.477. The molecule has 3 aromatic carbocycles. The smallest absolute Gasteiger partial charge is 0.242 e. The summed E-state index contributed by atoms with van der Waals surface area (Å²) >= 11 is 5.79. The second kappa shape index (κ2) is 8.36. The Kier molecular flexibility index (Phi) is 5.70. The minimum Gasteiger partial charge on any atom is -0.457 e. The number of hydrogen-bond acceptors (Lipinski definition) is 2. The number of ether oxygens (including phenoxy) is 1. The lowest BCUT2D eigenvalue weighted by Gasteiger charge is -2.22. The predicted molar refractivity (Wildman–Crippen MR) is 101 cm³/mol. The van der Waals surface area contributed by atoms with Crippen LogP contribution in [0.15, 0.2) is 84.9 Å². The molecule has 0 saturated heterocycles. The van der Waals surface area contributed by atoms with Crippen molar-refractivity contribution >= 4 is 23.2 Å². The fourth-order valence-corrected chi connectivity index (χ4v) is 2.62. The molecular weight excluding hydrogens is 334 g/mol. The van der Waals surface area contributed by atoms with Crippen molar-refractivity contribution in [1.29, 1.82) is 0 Å². The lowest BCUT2D eigenvalue weighted by molar-refractivity contribution is -0.116. The maximum atomic E-state index is 12.3. The van der Waals surface area contributed by atoms with Crippen molar-refractivity contribution in [2.24, 2.45) is 0 Å². The lowest BCUT2D eigenvalue weighted by atomic mass is 10.2. The van der Waals surface area contributed by atoms with Crippen molar-refractivity contribution < 1.29 is 9.53 Å². The number of alkyl halides is 1. The van der Waals surface area contributed by atoms with E-state index in [0.29, 0.717) is 12.3 Å². The van der Waals surface area contributed by atoms with E-state index in [1.165, 1.54) is 0 Å². The third-order valence-electron chi connectivity index (χ3n) is 3.73. The Morgan fingerprint density at radius 2 is 1.36 bits per heavy atom. The van der Waals surface area contributed by atoms with Gasteiger partial charge in [-0.3, -0.25) is 4.79 Å². The first-order valence-corrected chi connectivity index (χ1v) is 8.53. The Labute approximate surface area is 152 Å². The monoisotopic (exact) mass is 351 g/mol. The van der Waals surface area contributed by atoms with Crippen LogP contribution >= 0.6 is 11.6 Å². The highest BCUT2D eigenvalue weighted by molar-refractivity contribution is 6.29. The van der Waals surface area contributed by atoms with Crippen LogP contribution in [-0.2, 0) is 11.3 Å². The van der Waals surface area contributed by atoms with Gasteiger partial charge >= 0.3 is 0 Å². The Hall–Kier alpha value is -2.78. The molecule has 0 fully saturated rings. The van der Waals surface area contributed by atoms with Crippen LogP contribution in [0.4, 0.5) is 5.69 Å². The molecule has 0 unspecified atom stereocenters. The molecule has 4 heteroatoms. The Bertz CT molecular complexity index is 804. The van der Waals surface area contributed by atoms with Crippen LogP contribution in [0.3, 0.4) is 0 Å². The maximum absolute atomic E-state index is 12.3. The third-order valence-corrected chi connectivity index (χ3v) is 3.95. The van der Waals surface area contributed by atoms with E-state index in [2.05, 4.69) is 0 Å². The van der Waals surface area contributed by atoms with Gasteiger partial charge < -0.3 is 9.64 Å². The van der Waals surface area contributed by atoms with Crippen LogP contribution in [0.5, 0.6) is 11.5 Å². The van der Waals surface area contributed by atoms with Gasteiger partial charge in [-0.1, -0.05) is 48.5 Å². The van der Waals surface area contributed by atoms with Crippen LogP contribution < -0.4 is 9.64 Å². The summed E-state index contributed by atoms with van der Waals surface area (Å²) in [6, 6.07) is 26.8. The van der Waals surface area contributed by atoms with Gasteiger partial charge in [0.1, 0.15) is 17.4 Å². The molecule has 126 valence electrons. The van der Waals surface area contributed by atoms with Crippen molar-refractivity contribution in [2.45, 2.75) is 6.54 Å². The molecule has 0 N–H and O–H groups in total. The SMILES string of the molecule is O=C(CCl)N(Cc1ccccc1)c1ccc(Oc2ccccc2)cc1. The average Bonchev–Trinajstić information content (AvgIpc) is 2.68. The number of nitrogens with zero attached hydrogens (tertiary/aromatic N) is 1. The minimum atomic E-state index is -0.137. The summed E-state index contributed by atoms with van der Waals surface area (Å²) in [6.07, 6.45) is 0. The van der Waals surface area contributed by atoms with Crippen molar-refractivity contribution in [3.8, 4) is 11.5 Å². The molecule has 0 aliphatic rings. The van der Waals surface area contributed by atoms with Gasteiger partial charge in [-0.25, -0.2) is 0 Å². The number of anilines is 1. The largest absolute Gasteiger partial charge is 0.457 e. The van der Waals surface area contributed by atoms with Gasteiger partial charge in [-0.05, 0) is 42.0 Å². The van der Waals surface area contributed by atoms with Gasteiger partial charge in [-0.2, -0.15) is 0 Å². The number of rotatable bonds is 6. The molecule has 0 saturated carbocycles. The van der Waals surface area contributed by atoms with Gasteiger partial charge in [0, 0.05) is 5.69 Å². The van der Waals surface area contributed by atoms with E-state index in [1.807, 2.05) is 84.9 Å². The molecule has 0 aliphatic carbocycles. The molecule has 3 nitrogen and oxygen atoms in total. The highest BCUT2D eigenvalue weighted by Gasteiger charge is 2.15. The highest BCUT2D eigenvalue weighted by Crippen LogP contribution is 2.25. The number of hydrogen-bond donors (Lipinski definition) is 0. The number of benzene rings is 3. The van der Waals surface area contributed by atoms with Gasteiger partial charge in [0.25, 0.3) is 0 Å². The maximum Gasteiger partial charge on any atom is 0.242 e. The first kappa shape index (κ1) is 17.1. The second-order valence-electron chi connectivity index (χ2n) is 5.51. The quantitative estimate of drug-likeness (QED) is 0.567. The van der Waals surface area contributed by atoms with Gasteiger partial charge in [0.2, 0.25) is 5.91 Å². The zero-order valence-electron chi connectivity index (χ0n) is 13.6. The first-order valence-electron chi connectivity index (χ1n) is 7.99. The average molecular weight is 352 g/mol. The topological polar surface area (TPSA) is 29.5 Å². The normalized spacial score (nSPS) is 10.3. The summed E-state index contributed by atoms with van der Waals surface area (Å²) in [5.74, 6) is 1.29. The van der Waals surface area contributed by atoms with Crippen molar-refractivity contribution in [3.05, 3.63) is 90.5 Å². The number of carbonyl (C=O) groups excluding carboxylic acids is 1. The highest BCUT2D eigenvalue weighted by atomic mass is 35.5. The third kappa shape index (κ3) is 4.61. The predicted octanol–water partition coefficient (Wildman–Crippen LogP) is 5.25. The Morgan fingerprint density at radius 3 is 1.96 bits per heavy atom. The minimum absolute atomic E-state index is 0.0604. The molecular formula is C21H18ClNO2. The fraction of sp³-hybridized carbons (Fsp3) is 0.0952. The lowest BCUT2D eigenvalue weighted by Crippen LogP contribution is -2.31. The number of carbonyl (C=O) groups is 1. The van der Waals surface area contributed by atoms with E-state index in [-0.39, 0.29) is 11.8 Å². The summed E-state index contributed by atoms with van der Waals surface area (Å²) in [7, 11) is 0. The zero-order chi connectivity index (χ0) is 17.5. The van der Waals surface area contributed by atoms with E-state index in [9.17, 15) is 4.79 Å². The summed E-state index contributed by atoms with van der Waals surface area (Å²) in [5.41, 5.74) is 1.83. The van der Waals surface area contributed by atoms with E-state index in [4.69, 9.17) is 16.3 Å². The first-order chi connectivity index (χ1) is 12.3. The van der Waals surface area contributed by atoms with Crippen LogP contribution in [0, 0.1) is 0 Å². The second-order valence-corrected chi connectivity index (χ2v) is 5.78. The zero-order valence-corrected chi connectivity index (χ0v) is 14.4. The van der Waals surface area contributed by atoms with Crippen molar-refractivity contribution in [3.63, 3.8) is 0 Å². The standard InChI is InChI=1S/C21H18ClNO2/c22-15-21(24)23(16-17-7-3-1-4-8-17)18-11-13-20(14-12-18)25-19-9-5-2-6-10-19/h1-14H,15-16H2. The van der Waals surface area contributed by atoms with Crippen LogP contribution in [0.25, 0.3) is 0 Å². The van der Waals surface area contributed by atoms with Gasteiger partial charge in [0.15, 0.2) is 0 Å².